The Balaban J connectivity index is -0.0000000133. The Bertz CT molecular complexity index is 94.2. The molecule has 9 heteroatoms. The molecule has 0 saturated carbocycles. The van der Waals surface area contributed by atoms with Crippen LogP contribution in [0.4, 0.5) is 0 Å². The third-order valence-electron chi connectivity index (χ3n) is 0. The molecule has 0 bridgehead atoms. The Morgan fingerprint density at radius 1 is 0.889 bits per heavy atom. The molecular formula is H12N2O6S. The molecule has 0 aromatic heterocycles. The summed E-state index contributed by atoms with van der Waals surface area (Å²) >= 11 is 0. The summed E-state index contributed by atoms with van der Waals surface area (Å²) in [5.41, 5.74) is 0. The highest BCUT2D eigenvalue weighted by Gasteiger charge is 1.84. The van der Waals surface area contributed by atoms with E-state index < -0.39 is 10.4 Å². The number of rotatable bonds is 0. The Hall–Kier alpha value is -0.290. The fourth-order valence-corrected chi connectivity index (χ4v) is 0. The second-order valence-corrected chi connectivity index (χ2v) is 1.34. The fourth-order valence-electron chi connectivity index (χ4n) is 0. The van der Waals surface area contributed by atoms with Gasteiger partial charge in [-0.15, -0.1) is 0 Å². The maximum absolute atomic E-state index is 8.74. The van der Waals surface area contributed by atoms with Crippen LogP contribution in [0, 0.1) is 0 Å². The summed E-state index contributed by atoms with van der Waals surface area (Å²) in [6, 6.07) is 0. The highest BCUT2D eigenvalue weighted by atomic mass is 32.3. The summed E-state index contributed by atoms with van der Waals surface area (Å²) in [6.07, 6.45) is 0. The van der Waals surface area contributed by atoms with Gasteiger partial charge >= 0.3 is 10.4 Å². The zero-order valence-corrected chi connectivity index (χ0v) is 5.35. The van der Waals surface area contributed by atoms with Gasteiger partial charge in [0.1, 0.15) is 0 Å². The van der Waals surface area contributed by atoms with Crippen LogP contribution >= 0.6 is 0 Å². The zero-order chi connectivity index (χ0) is 4.50. The van der Waals surface area contributed by atoms with Crippen LogP contribution in [0.1, 0.15) is 0 Å². The predicted octanol–water partition coefficient (Wildman–Crippen LogP) is -1.98. The van der Waals surface area contributed by atoms with Crippen molar-refractivity contribution >= 4 is 10.4 Å². The molecule has 0 fully saturated rings. The van der Waals surface area contributed by atoms with Gasteiger partial charge < -0.3 is 23.3 Å². The highest BCUT2D eigenvalue weighted by Crippen LogP contribution is 1.59. The van der Waals surface area contributed by atoms with Crippen LogP contribution < -0.4 is 12.3 Å². The predicted molar refractivity (Wildman–Crippen MR) is 31.4 cm³/mol. The lowest BCUT2D eigenvalue weighted by Crippen LogP contribution is -1.89. The van der Waals surface area contributed by atoms with E-state index in [-0.39, 0.29) is 23.3 Å². The lowest BCUT2D eigenvalue weighted by Gasteiger charge is -1.68. The average Bonchev–Trinajstić information content (AvgIpc) is 0.722. The molecule has 0 amide bonds. The Morgan fingerprint density at radius 3 is 0.889 bits per heavy atom. The van der Waals surface area contributed by atoms with Crippen LogP contribution in [0.25, 0.3) is 0 Å². The maximum Gasteiger partial charge on any atom is 0.394 e. The van der Waals surface area contributed by atoms with Crippen LogP contribution in [0.2, 0.25) is 0 Å². The Kier molecular flexibility index (Phi) is 44.5. The van der Waals surface area contributed by atoms with Crippen molar-refractivity contribution in [1.82, 2.24) is 12.3 Å². The minimum Gasteiger partial charge on any atom is -0.412 e. The molecule has 9 heavy (non-hydrogen) atoms. The van der Waals surface area contributed by atoms with Crippen LogP contribution in [0.15, 0.2) is 0 Å². The van der Waals surface area contributed by atoms with Gasteiger partial charge in [-0.3, -0.25) is 9.11 Å². The number of hydrogen-bond donors (Lipinski definition) is 4. The van der Waals surface area contributed by atoms with Gasteiger partial charge in [-0.25, -0.2) is 0 Å². The molecule has 0 rings (SSSR count). The summed E-state index contributed by atoms with van der Waals surface area (Å²) in [6.45, 7) is 0. The molecule has 0 aromatic carbocycles. The lowest BCUT2D eigenvalue weighted by molar-refractivity contribution is 0.381. The molecule has 0 atom stereocenters. The van der Waals surface area contributed by atoms with E-state index in [1.54, 1.807) is 0 Å². The van der Waals surface area contributed by atoms with Crippen molar-refractivity contribution < 1.29 is 28.5 Å². The average molecular weight is 168 g/mol. The first-order chi connectivity index (χ1) is 2.00. The molecule has 0 saturated heterocycles. The number of hydrogen-bond acceptors (Lipinski definition) is 4. The van der Waals surface area contributed by atoms with E-state index in [2.05, 4.69) is 0 Å². The normalized spacial score (nSPS) is 6.44. The first kappa shape index (κ1) is 37.6. The maximum atomic E-state index is 8.74. The standard InChI is InChI=1S/2H3N.H2O4S.2H2O/c;;1-5(2,3)4;;/h2*1H3;(H2,1,2,3,4);2*1H2. The second-order valence-electron chi connectivity index (χ2n) is 0.448. The van der Waals surface area contributed by atoms with Crippen LogP contribution in [0.5, 0.6) is 0 Å². The molecule has 8 nitrogen and oxygen atoms in total. The third-order valence-corrected chi connectivity index (χ3v) is 0. The molecule has 0 aromatic rings. The summed E-state index contributed by atoms with van der Waals surface area (Å²) in [4.78, 5) is 0. The van der Waals surface area contributed by atoms with Gasteiger partial charge in [0.15, 0.2) is 0 Å². The van der Waals surface area contributed by atoms with Crippen LogP contribution in [-0.4, -0.2) is 28.5 Å². The molecule has 0 aliphatic rings. The van der Waals surface area contributed by atoms with Crippen molar-refractivity contribution in [3.8, 4) is 0 Å². The van der Waals surface area contributed by atoms with E-state index in [4.69, 9.17) is 17.5 Å². The molecule has 0 unspecified atom stereocenters. The highest BCUT2D eigenvalue weighted by molar-refractivity contribution is 7.79. The lowest BCUT2D eigenvalue weighted by atomic mass is 14.0. The topological polar surface area (TPSA) is 208 Å². The van der Waals surface area contributed by atoms with Crippen LogP contribution in [-0.2, 0) is 10.4 Å². The van der Waals surface area contributed by atoms with Crippen LogP contribution in [0.3, 0.4) is 0 Å². The van der Waals surface area contributed by atoms with Gasteiger partial charge in [-0.05, 0) is 0 Å². The van der Waals surface area contributed by atoms with Crippen molar-refractivity contribution in [2.45, 2.75) is 0 Å². The van der Waals surface area contributed by atoms with E-state index in [1.807, 2.05) is 0 Å². The smallest absolute Gasteiger partial charge is 0.394 e. The molecule has 64 valence electrons. The van der Waals surface area contributed by atoms with Gasteiger partial charge in [0.05, 0.1) is 0 Å². The van der Waals surface area contributed by atoms with Gasteiger partial charge in [0, 0.05) is 0 Å². The van der Waals surface area contributed by atoms with Gasteiger partial charge in [-0.1, -0.05) is 0 Å². The SMILES string of the molecule is N.N.O.O.O=S(=O)(O)O. The largest absolute Gasteiger partial charge is 0.412 e. The summed E-state index contributed by atoms with van der Waals surface area (Å²) in [7, 11) is -4.67. The van der Waals surface area contributed by atoms with Crippen molar-refractivity contribution in [2.75, 3.05) is 0 Å². The van der Waals surface area contributed by atoms with E-state index in [9.17, 15) is 0 Å². The summed E-state index contributed by atoms with van der Waals surface area (Å²) < 4.78 is 31.6. The molecule has 0 aliphatic heterocycles. The molecule has 0 spiro atoms. The van der Waals surface area contributed by atoms with E-state index in [0.717, 1.165) is 0 Å². The molecule has 0 heterocycles. The Labute approximate surface area is 52.2 Å². The first-order valence-corrected chi connectivity index (χ1v) is 2.10. The molecule has 0 radical (unpaired) electrons. The van der Waals surface area contributed by atoms with Crippen molar-refractivity contribution in [2.24, 2.45) is 0 Å². The Morgan fingerprint density at radius 2 is 0.889 bits per heavy atom. The zero-order valence-electron chi connectivity index (χ0n) is 4.53. The second kappa shape index (κ2) is 10.6. The monoisotopic (exact) mass is 168 g/mol. The summed E-state index contributed by atoms with van der Waals surface area (Å²) in [5, 5.41) is 0. The molecule has 0 aliphatic carbocycles. The van der Waals surface area contributed by atoms with Gasteiger partial charge in [0.25, 0.3) is 0 Å². The minimum atomic E-state index is -4.67. The quantitative estimate of drug-likeness (QED) is 0.301. The van der Waals surface area contributed by atoms with Crippen molar-refractivity contribution in [3.05, 3.63) is 0 Å². The molecule has 12 N–H and O–H groups in total. The first-order valence-electron chi connectivity index (χ1n) is 0.698. The molecular weight excluding hydrogens is 156 g/mol. The van der Waals surface area contributed by atoms with Gasteiger partial charge in [-0.2, -0.15) is 8.42 Å². The van der Waals surface area contributed by atoms with Gasteiger partial charge in [0.2, 0.25) is 0 Å². The fraction of sp³-hybridized carbons (Fsp3) is 0. The summed E-state index contributed by atoms with van der Waals surface area (Å²) in [5.74, 6) is 0. The minimum absolute atomic E-state index is 0. The third kappa shape index (κ3) is 2990. The van der Waals surface area contributed by atoms with Crippen molar-refractivity contribution in [1.29, 1.82) is 0 Å². The van der Waals surface area contributed by atoms with E-state index in [1.165, 1.54) is 0 Å². The van der Waals surface area contributed by atoms with E-state index in [0.29, 0.717) is 0 Å². The van der Waals surface area contributed by atoms with Crippen molar-refractivity contribution in [3.63, 3.8) is 0 Å². The van der Waals surface area contributed by atoms with E-state index >= 15 is 0 Å².